The third kappa shape index (κ3) is 2.74. The van der Waals surface area contributed by atoms with Crippen LogP contribution in [0.1, 0.15) is 30.0 Å². The van der Waals surface area contributed by atoms with Gasteiger partial charge in [-0.1, -0.05) is 31.2 Å². The maximum Gasteiger partial charge on any atom is 0.415 e. The van der Waals surface area contributed by atoms with Gasteiger partial charge < -0.3 is 9.64 Å². The maximum absolute atomic E-state index is 12.8. The molecule has 0 saturated carbocycles. The van der Waals surface area contributed by atoms with E-state index in [1.54, 1.807) is 15.9 Å². The lowest BCUT2D eigenvalue weighted by Gasteiger charge is -2.31. The van der Waals surface area contributed by atoms with Gasteiger partial charge in [0, 0.05) is 30.7 Å². The van der Waals surface area contributed by atoms with Crippen molar-refractivity contribution >= 4 is 18.2 Å². The number of fused-ring (bicyclic) bond motifs is 4. The van der Waals surface area contributed by atoms with E-state index < -0.39 is 0 Å². The van der Waals surface area contributed by atoms with Crippen molar-refractivity contribution in [1.29, 1.82) is 0 Å². The lowest BCUT2D eigenvalue weighted by molar-refractivity contribution is -0.108. The molecule has 150 valence electrons. The van der Waals surface area contributed by atoms with Gasteiger partial charge in [0.15, 0.2) is 0 Å². The number of hydrogen-bond donors (Lipinski definition) is 0. The molecule has 3 aliphatic rings. The number of amides is 2. The van der Waals surface area contributed by atoms with Crippen LogP contribution in [0.5, 0.6) is 5.75 Å². The highest BCUT2D eigenvalue weighted by Gasteiger charge is 2.53. The van der Waals surface area contributed by atoms with Crippen LogP contribution in [0.2, 0.25) is 0 Å². The molecule has 2 atom stereocenters. The van der Waals surface area contributed by atoms with E-state index in [0.29, 0.717) is 18.8 Å². The summed E-state index contributed by atoms with van der Waals surface area (Å²) in [6.07, 6.45) is 2.41. The Morgan fingerprint density at radius 2 is 1.97 bits per heavy atom. The van der Waals surface area contributed by atoms with E-state index in [4.69, 9.17) is 4.74 Å². The molecule has 0 aromatic heterocycles. The maximum atomic E-state index is 12.8. The van der Waals surface area contributed by atoms with Gasteiger partial charge in [-0.05, 0) is 54.8 Å². The lowest BCUT2D eigenvalue weighted by atomic mass is 9.81. The Kier molecular flexibility index (Phi) is 4.13. The van der Waals surface area contributed by atoms with Crippen molar-refractivity contribution in [3.8, 4) is 5.75 Å². The van der Waals surface area contributed by atoms with E-state index in [1.165, 1.54) is 11.1 Å². The van der Waals surface area contributed by atoms with E-state index >= 15 is 0 Å². The summed E-state index contributed by atoms with van der Waals surface area (Å²) in [5.74, 6) is 0.537. The molecule has 1 fully saturated rings. The van der Waals surface area contributed by atoms with Gasteiger partial charge in [-0.3, -0.25) is 14.6 Å². The van der Waals surface area contributed by atoms with Gasteiger partial charge in [0.05, 0.1) is 6.17 Å². The van der Waals surface area contributed by atoms with Crippen LogP contribution >= 0.6 is 0 Å². The molecule has 6 heteroatoms. The zero-order chi connectivity index (χ0) is 20.2. The third-order valence-corrected chi connectivity index (χ3v) is 6.80. The molecule has 29 heavy (non-hydrogen) atoms. The molecule has 3 heterocycles. The molecule has 0 radical (unpaired) electrons. The normalized spacial score (nSPS) is 25.4. The minimum atomic E-state index is -0.324. The van der Waals surface area contributed by atoms with Crippen molar-refractivity contribution in [1.82, 2.24) is 9.80 Å². The first-order valence-electron chi connectivity index (χ1n) is 10.1. The second-order valence-electron chi connectivity index (χ2n) is 8.52. The Labute approximate surface area is 170 Å². The molecule has 3 aliphatic heterocycles. The van der Waals surface area contributed by atoms with E-state index in [-0.39, 0.29) is 17.7 Å². The Balaban J connectivity index is 1.38. The summed E-state index contributed by atoms with van der Waals surface area (Å²) in [5, 5.41) is 0. The number of anilines is 1. The van der Waals surface area contributed by atoms with Crippen LogP contribution in [-0.4, -0.2) is 48.6 Å². The fraction of sp³-hybridized carbons (Fsp3) is 0.391. The van der Waals surface area contributed by atoms with Crippen molar-refractivity contribution in [3.63, 3.8) is 0 Å². The number of nitrogens with zero attached hydrogens (tertiary/aromatic N) is 3. The Morgan fingerprint density at radius 1 is 1.17 bits per heavy atom. The Hall–Kier alpha value is -2.86. The van der Waals surface area contributed by atoms with E-state index in [0.717, 1.165) is 37.0 Å². The van der Waals surface area contributed by atoms with Crippen LogP contribution in [0.3, 0.4) is 0 Å². The van der Waals surface area contributed by atoms with Crippen LogP contribution in [0.25, 0.3) is 0 Å². The van der Waals surface area contributed by atoms with E-state index in [1.807, 2.05) is 31.3 Å². The van der Waals surface area contributed by atoms with E-state index in [9.17, 15) is 9.59 Å². The van der Waals surface area contributed by atoms with Crippen molar-refractivity contribution in [2.75, 3.05) is 25.0 Å². The SMILES string of the molecule is CN1CC[C@@]2(C)c3cc(OC(=O)N4CCc5ccccc5C4)ccc3N(C=O)[C@@H]12. The number of likely N-dealkylation sites (N-methyl/N-ethyl adjacent to an activating group) is 1. The van der Waals surface area contributed by atoms with Gasteiger partial charge in [0.2, 0.25) is 6.41 Å². The van der Waals surface area contributed by atoms with Crippen LogP contribution in [0.15, 0.2) is 42.5 Å². The number of benzene rings is 2. The topological polar surface area (TPSA) is 53.1 Å². The van der Waals surface area contributed by atoms with Crippen LogP contribution < -0.4 is 9.64 Å². The Morgan fingerprint density at radius 3 is 2.76 bits per heavy atom. The van der Waals surface area contributed by atoms with Gasteiger partial charge in [-0.15, -0.1) is 0 Å². The second kappa shape index (κ2) is 6.59. The fourth-order valence-corrected chi connectivity index (χ4v) is 5.26. The van der Waals surface area contributed by atoms with Gasteiger partial charge in [-0.25, -0.2) is 4.79 Å². The standard InChI is InChI=1S/C23H25N3O3/c1-23-10-12-24(2)21(23)26(15-27)20-8-7-18(13-19(20)23)29-22(28)25-11-9-16-5-3-4-6-17(16)14-25/h3-8,13,15,21H,9-12,14H2,1-2H3/t21-,23+/m1/s1. The van der Waals surface area contributed by atoms with Gasteiger partial charge in [0.1, 0.15) is 5.75 Å². The number of ether oxygens (including phenoxy) is 1. The quantitative estimate of drug-likeness (QED) is 0.738. The smallest absolute Gasteiger partial charge is 0.410 e. The Bertz CT molecular complexity index is 991. The van der Waals surface area contributed by atoms with Crippen LogP contribution in [0.4, 0.5) is 10.5 Å². The molecule has 1 saturated heterocycles. The average Bonchev–Trinajstić information content (AvgIpc) is 3.18. The van der Waals surface area contributed by atoms with E-state index in [2.05, 4.69) is 24.0 Å². The first kappa shape index (κ1) is 18.2. The van der Waals surface area contributed by atoms with Crippen LogP contribution in [-0.2, 0) is 23.2 Å². The first-order chi connectivity index (χ1) is 14.0. The lowest BCUT2D eigenvalue weighted by Crippen LogP contribution is -2.46. The molecule has 6 nitrogen and oxygen atoms in total. The van der Waals surface area contributed by atoms with Crippen molar-refractivity contribution in [2.45, 2.75) is 37.9 Å². The molecule has 2 aromatic rings. The number of carbonyl (C=O) groups is 2. The fourth-order valence-electron chi connectivity index (χ4n) is 5.26. The minimum Gasteiger partial charge on any atom is -0.410 e. The third-order valence-electron chi connectivity index (χ3n) is 6.80. The molecule has 2 amide bonds. The number of rotatable bonds is 2. The molecule has 0 unspecified atom stereocenters. The van der Waals surface area contributed by atoms with Gasteiger partial charge in [-0.2, -0.15) is 0 Å². The summed E-state index contributed by atoms with van der Waals surface area (Å²) in [4.78, 5) is 30.3. The van der Waals surface area contributed by atoms with Crippen LogP contribution in [0, 0.1) is 0 Å². The monoisotopic (exact) mass is 391 g/mol. The molecular formula is C23H25N3O3. The highest BCUT2D eigenvalue weighted by atomic mass is 16.6. The zero-order valence-electron chi connectivity index (χ0n) is 16.8. The largest absolute Gasteiger partial charge is 0.415 e. The average molecular weight is 391 g/mol. The summed E-state index contributed by atoms with van der Waals surface area (Å²) in [7, 11) is 2.05. The first-order valence-corrected chi connectivity index (χ1v) is 10.1. The number of hydrogen-bond acceptors (Lipinski definition) is 4. The molecule has 0 spiro atoms. The second-order valence-corrected chi connectivity index (χ2v) is 8.52. The van der Waals surface area contributed by atoms with Gasteiger partial charge >= 0.3 is 6.09 Å². The predicted molar refractivity (Wildman–Crippen MR) is 110 cm³/mol. The van der Waals surface area contributed by atoms with Gasteiger partial charge in [0.25, 0.3) is 0 Å². The molecule has 0 aliphatic carbocycles. The summed E-state index contributed by atoms with van der Waals surface area (Å²) in [5.41, 5.74) is 4.30. The molecule has 0 bridgehead atoms. The van der Waals surface area contributed by atoms with Crippen molar-refractivity contribution in [3.05, 3.63) is 59.2 Å². The predicted octanol–water partition coefficient (Wildman–Crippen LogP) is 3.14. The number of carbonyl (C=O) groups excluding carboxylic acids is 2. The minimum absolute atomic E-state index is 0.0135. The summed E-state index contributed by atoms with van der Waals surface area (Å²) in [6.45, 7) is 4.35. The highest BCUT2D eigenvalue weighted by Crippen LogP contribution is 2.51. The highest BCUT2D eigenvalue weighted by molar-refractivity contribution is 5.84. The number of likely N-dealkylation sites (tertiary alicyclic amines) is 1. The molecule has 5 rings (SSSR count). The van der Waals surface area contributed by atoms with Crippen molar-refractivity contribution in [2.24, 2.45) is 0 Å². The zero-order valence-corrected chi connectivity index (χ0v) is 16.8. The summed E-state index contributed by atoms with van der Waals surface area (Å²) >= 11 is 0. The summed E-state index contributed by atoms with van der Waals surface area (Å²) in [6, 6.07) is 13.9. The molecule has 2 aromatic carbocycles. The van der Waals surface area contributed by atoms with Crippen molar-refractivity contribution < 1.29 is 14.3 Å². The summed E-state index contributed by atoms with van der Waals surface area (Å²) < 4.78 is 5.75. The molecular weight excluding hydrogens is 366 g/mol. The molecule has 0 N–H and O–H groups in total.